The van der Waals surface area contributed by atoms with Crippen LogP contribution in [0.25, 0.3) is 0 Å². The monoisotopic (exact) mass is 456 g/mol. The van der Waals surface area contributed by atoms with Gasteiger partial charge in [0, 0.05) is 5.56 Å². The number of Topliss-reactive ketones (excluding diaryl/α,β-unsaturated/α-hetero) is 1. The lowest BCUT2D eigenvalue weighted by Crippen LogP contribution is -2.31. The van der Waals surface area contributed by atoms with Crippen LogP contribution in [0.2, 0.25) is 0 Å². The molecule has 3 aromatic carbocycles. The molecule has 0 fully saturated rings. The summed E-state index contributed by atoms with van der Waals surface area (Å²) in [6.45, 7) is 1.77. The molecule has 0 N–H and O–H groups in total. The Hall–Kier alpha value is -2.77. The molecule has 3 aromatic rings. The molecule has 0 bridgehead atoms. The van der Waals surface area contributed by atoms with Crippen molar-refractivity contribution in [1.82, 2.24) is 0 Å². The van der Waals surface area contributed by atoms with Gasteiger partial charge in [-0.05, 0) is 30.2 Å². The Bertz CT molecular complexity index is 1250. The molecule has 0 aliphatic carbocycles. The molecular weight excluding hydrogens is 432 g/mol. The molecule has 0 radical (unpaired) electrons. The molecule has 7 heteroatoms. The number of carbonyl (C=O) groups excluding carboxylic acids is 1. The first-order valence-electron chi connectivity index (χ1n) is 9.79. The summed E-state index contributed by atoms with van der Waals surface area (Å²) in [5.41, 5.74) is 1.65. The summed E-state index contributed by atoms with van der Waals surface area (Å²) in [6.07, 6.45) is 0. The zero-order valence-corrected chi connectivity index (χ0v) is 18.8. The summed E-state index contributed by atoms with van der Waals surface area (Å²) in [5, 5.41) is 0. The normalized spacial score (nSPS) is 12.9. The number of hydrogen-bond donors (Lipinski definition) is 0. The molecule has 31 heavy (non-hydrogen) atoms. The number of aryl methyl sites for hydroxylation is 1. The zero-order valence-electron chi connectivity index (χ0n) is 17.1. The molecule has 0 saturated heterocycles. The lowest BCUT2D eigenvalue weighted by molar-refractivity contribution is 0.0942. The van der Waals surface area contributed by atoms with E-state index in [4.69, 9.17) is 0 Å². The summed E-state index contributed by atoms with van der Waals surface area (Å²) in [5.74, 6) is -3.06. The van der Waals surface area contributed by atoms with E-state index in [0.29, 0.717) is 11.1 Å². The quantitative estimate of drug-likeness (QED) is 0.456. The summed E-state index contributed by atoms with van der Waals surface area (Å²) < 4.78 is 51.8. The third kappa shape index (κ3) is 6.35. The number of hydrogen-bond acceptors (Lipinski definition) is 5. The van der Waals surface area contributed by atoms with Crippen molar-refractivity contribution in [3.63, 3.8) is 0 Å². The minimum absolute atomic E-state index is 0.0822. The summed E-state index contributed by atoms with van der Waals surface area (Å²) in [7, 11) is -7.60. The Labute approximate surface area is 183 Å². The molecule has 0 aliphatic rings. The van der Waals surface area contributed by atoms with Crippen LogP contribution < -0.4 is 0 Å². The van der Waals surface area contributed by atoms with E-state index in [1.54, 1.807) is 79.7 Å². The first-order valence-corrected chi connectivity index (χ1v) is 13.3. The van der Waals surface area contributed by atoms with Gasteiger partial charge in [0.25, 0.3) is 0 Å². The molecule has 0 aliphatic heterocycles. The number of sulfone groups is 2. The maximum Gasteiger partial charge on any atom is 0.179 e. The third-order valence-corrected chi connectivity index (χ3v) is 8.38. The maximum atomic E-state index is 13.1. The van der Waals surface area contributed by atoms with Crippen LogP contribution in [0.15, 0.2) is 89.8 Å². The fraction of sp³-hybridized carbons (Fsp3) is 0.208. The third-order valence-electron chi connectivity index (χ3n) is 4.88. The second-order valence-electron chi connectivity index (χ2n) is 7.57. The lowest BCUT2D eigenvalue weighted by Gasteiger charge is -2.17. The fourth-order valence-electron chi connectivity index (χ4n) is 3.40. The summed E-state index contributed by atoms with van der Waals surface area (Å²) in [6, 6.07) is 23.2. The van der Waals surface area contributed by atoms with Gasteiger partial charge in [0.1, 0.15) is 0 Å². The molecule has 0 spiro atoms. The van der Waals surface area contributed by atoms with Crippen LogP contribution in [0.4, 0.5) is 0 Å². The van der Waals surface area contributed by atoms with E-state index in [0.717, 1.165) is 5.56 Å². The van der Waals surface area contributed by atoms with Crippen LogP contribution in [-0.2, 0) is 25.4 Å². The fourth-order valence-corrected chi connectivity index (χ4v) is 6.89. The molecule has 0 aromatic heterocycles. The molecule has 5 nitrogen and oxygen atoms in total. The molecule has 0 heterocycles. The van der Waals surface area contributed by atoms with Crippen LogP contribution in [0, 0.1) is 12.8 Å². The minimum atomic E-state index is -3.87. The van der Waals surface area contributed by atoms with Gasteiger partial charge in [0.15, 0.2) is 25.5 Å². The molecule has 1 atom stereocenters. The van der Waals surface area contributed by atoms with Gasteiger partial charge >= 0.3 is 0 Å². The molecular formula is C24H24O5S2. The number of rotatable bonds is 9. The minimum Gasteiger partial charge on any atom is -0.294 e. The van der Waals surface area contributed by atoms with Crippen LogP contribution in [-0.4, -0.2) is 34.1 Å². The zero-order chi connectivity index (χ0) is 22.5. The smallest absolute Gasteiger partial charge is 0.179 e. The van der Waals surface area contributed by atoms with E-state index in [-0.39, 0.29) is 10.6 Å². The number of carbonyl (C=O) groups is 1. The van der Waals surface area contributed by atoms with Crippen molar-refractivity contribution in [1.29, 1.82) is 0 Å². The molecule has 1 unspecified atom stereocenters. The van der Waals surface area contributed by atoms with Crippen molar-refractivity contribution in [2.45, 2.75) is 17.6 Å². The van der Waals surface area contributed by atoms with Gasteiger partial charge in [-0.15, -0.1) is 0 Å². The highest BCUT2D eigenvalue weighted by Crippen LogP contribution is 2.21. The van der Waals surface area contributed by atoms with Gasteiger partial charge in [0.05, 0.1) is 28.1 Å². The predicted octanol–water partition coefficient (Wildman–Crippen LogP) is 3.88. The first-order chi connectivity index (χ1) is 14.7. The van der Waals surface area contributed by atoms with Crippen molar-refractivity contribution < 1.29 is 21.6 Å². The van der Waals surface area contributed by atoms with Gasteiger partial charge in [0.2, 0.25) is 0 Å². The van der Waals surface area contributed by atoms with Crippen LogP contribution in [0.5, 0.6) is 0 Å². The lowest BCUT2D eigenvalue weighted by atomic mass is 10.0. The predicted molar refractivity (Wildman–Crippen MR) is 121 cm³/mol. The Balaban J connectivity index is 1.92. The van der Waals surface area contributed by atoms with Crippen LogP contribution >= 0.6 is 0 Å². The van der Waals surface area contributed by atoms with E-state index in [1.165, 1.54) is 12.1 Å². The van der Waals surface area contributed by atoms with Gasteiger partial charge in [-0.1, -0.05) is 72.8 Å². The van der Waals surface area contributed by atoms with Gasteiger partial charge in [-0.25, -0.2) is 16.8 Å². The number of ketones is 1. The van der Waals surface area contributed by atoms with Gasteiger partial charge in [-0.2, -0.15) is 0 Å². The van der Waals surface area contributed by atoms with Gasteiger partial charge < -0.3 is 0 Å². The van der Waals surface area contributed by atoms with Crippen molar-refractivity contribution in [3.8, 4) is 0 Å². The van der Waals surface area contributed by atoms with Crippen LogP contribution in [0.3, 0.4) is 0 Å². The average molecular weight is 457 g/mol. The molecule has 3 rings (SSSR count). The van der Waals surface area contributed by atoms with Crippen molar-refractivity contribution >= 4 is 25.5 Å². The molecule has 0 saturated carbocycles. The van der Waals surface area contributed by atoms with Crippen molar-refractivity contribution in [2.75, 3.05) is 11.5 Å². The van der Waals surface area contributed by atoms with E-state index in [2.05, 4.69) is 0 Å². The van der Waals surface area contributed by atoms with E-state index in [1.807, 2.05) is 0 Å². The Morgan fingerprint density at radius 3 is 2.00 bits per heavy atom. The van der Waals surface area contributed by atoms with E-state index < -0.39 is 42.9 Å². The van der Waals surface area contributed by atoms with Crippen molar-refractivity contribution in [2.24, 2.45) is 5.92 Å². The standard InChI is InChI=1S/C24H24O5S2/c1-19-9-8-14-23(15-19)31(28,29)18-22(24(25)21-12-6-3-7-13-21)17-30(26,27)16-20-10-4-2-5-11-20/h2-15,22H,16-18H2,1H3. The second-order valence-corrected chi connectivity index (χ2v) is 11.7. The largest absolute Gasteiger partial charge is 0.294 e. The summed E-state index contributed by atoms with van der Waals surface area (Å²) in [4.78, 5) is 13.2. The Kier molecular flexibility index (Phi) is 7.08. The Morgan fingerprint density at radius 1 is 0.774 bits per heavy atom. The highest BCUT2D eigenvalue weighted by Gasteiger charge is 2.32. The number of benzene rings is 3. The van der Waals surface area contributed by atoms with Crippen LogP contribution in [0.1, 0.15) is 21.5 Å². The SMILES string of the molecule is Cc1cccc(S(=O)(=O)CC(CS(=O)(=O)Cc2ccccc2)C(=O)c2ccccc2)c1. The second kappa shape index (κ2) is 9.58. The summed E-state index contributed by atoms with van der Waals surface area (Å²) >= 11 is 0. The first kappa shape index (κ1) is 22.9. The van der Waals surface area contributed by atoms with Gasteiger partial charge in [-0.3, -0.25) is 4.79 Å². The molecule has 0 amide bonds. The van der Waals surface area contributed by atoms with E-state index in [9.17, 15) is 21.6 Å². The van der Waals surface area contributed by atoms with Crippen molar-refractivity contribution in [3.05, 3.63) is 102 Å². The highest BCUT2D eigenvalue weighted by atomic mass is 32.2. The molecule has 162 valence electrons. The highest BCUT2D eigenvalue weighted by molar-refractivity contribution is 7.92. The maximum absolute atomic E-state index is 13.1. The Morgan fingerprint density at radius 2 is 1.39 bits per heavy atom. The topological polar surface area (TPSA) is 85.3 Å². The van der Waals surface area contributed by atoms with E-state index >= 15 is 0 Å². The average Bonchev–Trinajstić information content (AvgIpc) is 2.73.